The molecule has 0 bridgehead atoms. The molecule has 74 valence electrons. The van der Waals surface area contributed by atoms with Crippen LogP contribution in [0, 0.1) is 6.92 Å². The molecule has 1 aromatic rings. The topological polar surface area (TPSA) is 37.3 Å². The average molecular weight is 190 g/mol. The van der Waals surface area contributed by atoms with E-state index in [0.717, 1.165) is 16.7 Å². The van der Waals surface area contributed by atoms with E-state index in [1.54, 1.807) is 6.92 Å². The van der Waals surface area contributed by atoms with Gasteiger partial charge in [0.05, 0.1) is 0 Å². The summed E-state index contributed by atoms with van der Waals surface area (Å²) in [6.45, 7) is 5.45. The van der Waals surface area contributed by atoms with Crippen LogP contribution in [0.3, 0.4) is 0 Å². The first-order valence-corrected chi connectivity index (χ1v) is 4.50. The quantitative estimate of drug-likeness (QED) is 0.728. The normalized spacial score (nSPS) is 12.2. The number of carboxylic acid groups (broad SMARTS) is 1. The van der Waals surface area contributed by atoms with Crippen molar-refractivity contribution in [1.29, 1.82) is 0 Å². The third-order valence-corrected chi connectivity index (χ3v) is 2.33. The summed E-state index contributed by atoms with van der Waals surface area (Å²) in [5, 5.41) is 8.83. The zero-order chi connectivity index (χ0) is 10.7. The van der Waals surface area contributed by atoms with Gasteiger partial charge in [-0.3, -0.25) is 0 Å². The maximum Gasteiger partial charge on any atom is 0.331 e. The van der Waals surface area contributed by atoms with Gasteiger partial charge in [0.2, 0.25) is 0 Å². The first kappa shape index (κ1) is 10.5. The van der Waals surface area contributed by atoms with Crippen LogP contribution in [0.25, 0.3) is 5.57 Å². The number of hydrogen-bond donors (Lipinski definition) is 1. The van der Waals surface area contributed by atoms with Gasteiger partial charge in [0.25, 0.3) is 0 Å². The van der Waals surface area contributed by atoms with Crippen molar-refractivity contribution in [2.24, 2.45) is 0 Å². The Morgan fingerprint density at radius 1 is 1.29 bits per heavy atom. The summed E-state index contributed by atoms with van der Waals surface area (Å²) < 4.78 is 0. The van der Waals surface area contributed by atoms with Crippen LogP contribution in [-0.4, -0.2) is 11.1 Å². The lowest BCUT2D eigenvalue weighted by Gasteiger charge is -2.05. The lowest BCUT2D eigenvalue weighted by atomic mass is 10.0. The molecule has 1 N–H and O–H groups in total. The fraction of sp³-hybridized carbons (Fsp3) is 0.250. The van der Waals surface area contributed by atoms with Crippen LogP contribution in [0.1, 0.15) is 25.0 Å². The van der Waals surface area contributed by atoms with E-state index in [0.29, 0.717) is 5.57 Å². The fourth-order valence-corrected chi connectivity index (χ4v) is 1.26. The molecule has 0 saturated heterocycles. The number of carboxylic acids is 1. The van der Waals surface area contributed by atoms with Gasteiger partial charge in [0.15, 0.2) is 0 Å². The molecule has 0 aliphatic carbocycles. The minimum Gasteiger partial charge on any atom is -0.478 e. The Morgan fingerprint density at radius 2 is 1.93 bits per heavy atom. The lowest BCUT2D eigenvalue weighted by Crippen LogP contribution is -1.99. The highest BCUT2D eigenvalue weighted by Crippen LogP contribution is 2.18. The van der Waals surface area contributed by atoms with Crippen LogP contribution in [0.15, 0.2) is 29.8 Å². The highest BCUT2D eigenvalue weighted by Gasteiger charge is 2.06. The molecule has 2 heteroatoms. The van der Waals surface area contributed by atoms with Crippen molar-refractivity contribution in [3.63, 3.8) is 0 Å². The summed E-state index contributed by atoms with van der Waals surface area (Å²) in [5.74, 6) is -0.857. The highest BCUT2D eigenvalue weighted by molar-refractivity contribution is 5.95. The number of hydrogen-bond acceptors (Lipinski definition) is 1. The Labute approximate surface area is 83.9 Å². The maximum absolute atomic E-state index is 10.7. The number of carbonyl (C=O) groups is 1. The summed E-state index contributed by atoms with van der Waals surface area (Å²) in [7, 11) is 0. The third-order valence-electron chi connectivity index (χ3n) is 2.33. The summed E-state index contributed by atoms with van der Waals surface area (Å²) in [6.07, 6.45) is 0. The molecular formula is C12H14O2. The first-order valence-electron chi connectivity index (χ1n) is 4.50. The molecule has 0 heterocycles. The molecular weight excluding hydrogens is 176 g/mol. The van der Waals surface area contributed by atoms with E-state index < -0.39 is 5.97 Å². The molecule has 14 heavy (non-hydrogen) atoms. The van der Waals surface area contributed by atoms with Crippen LogP contribution in [-0.2, 0) is 4.79 Å². The minimum absolute atomic E-state index is 0.399. The number of aryl methyl sites for hydroxylation is 1. The van der Waals surface area contributed by atoms with Gasteiger partial charge in [-0.25, -0.2) is 4.79 Å². The van der Waals surface area contributed by atoms with Crippen molar-refractivity contribution >= 4 is 11.5 Å². The SMILES string of the molecule is C/C(C(=O)O)=C(\C)c1cccc(C)c1. The fourth-order valence-electron chi connectivity index (χ4n) is 1.26. The number of aliphatic carboxylic acids is 1. The van der Waals surface area contributed by atoms with Crippen LogP contribution in [0.2, 0.25) is 0 Å². The average Bonchev–Trinajstić information content (AvgIpc) is 2.15. The van der Waals surface area contributed by atoms with Crippen molar-refractivity contribution < 1.29 is 9.90 Å². The second kappa shape index (κ2) is 4.09. The Bertz CT molecular complexity index is 389. The van der Waals surface area contributed by atoms with Gasteiger partial charge in [-0.1, -0.05) is 29.8 Å². The largest absolute Gasteiger partial charge is 0.478 e. The van der Waals surface area contributed by atoms with Gasteiger partial charge in [-0.2, -0.15) is 0 Å². The molecule has 0 radical (unpaired) electrons. The van der Waals surface area contributed by atoms with Gasteiger partial charge < -0.3 is 5.11 Å². The summed E-state index contributed by atoms with van der Waals surface area (Å²) in [4.78, 5) is 10.7. The highest BCUT2D eigenvalue weighted by atomic mass is 16.4. The van der Waals surface area contributed by atoms with Gasteiger partial charge in [-0.05, 0) is 31.9 Å². The van der Waals surface area contributed by atoms with Crippen LogP contribution in [0.5, 0.6) is 0 Å². The predicted molar refractivity (Wildman–Crippen MR) is 57.1 cm³/mol. The Morgan fingerprint density at radius 3 is 2.43 bits per heavy atom. The lowest BCUT2D eigenvalue weighted by molar-refractivity contribution is -0.132. The van der Waals surface area contributed by atoms with Crippen LogP contribution >= 0.6 is 0 Å². The zero-order valence-electron chi connectivity index (χ0n) is 8.66. The number of allylic oxidation sites excluding steroid dienone is 1. The van der Waals surface area contributed by atoms with Gasteiger partial charge in [-0.15, -0.1) is 0 Å². The summed E-state index contributed by atoms with van der Waals surface area (Å²) in [6, 6.07) is 7.84. The molecule has 0 atom stereocenters. The van der Waals surface area contributed by atoms with Gasteiger partial charge in [0, 0.05) is 5.57 Å². The standard InChI is InChI=1S/C12H14O2/c1-8-5-4-6-11(7-8)9(2)10(3)12(13)14/h4-7H,1-3H3,(H,13,14)/b10-9-. The van der Waals surface area contributed by atoms with E-state index in [-0.39, 0.29) is 0 Å². The molecule has 0 aliphatic heterocycles. The molecule has 0 unspecified atom stereocenters. The van der Waals surface area contributed by atoms with Crippen molar-refractivity contribution in [1.82, 2.24) is 0 Å². The summed E-state index contributed by atoms with van der Waals surface area (Å²) >= 11 is 0. The second-order valence-electron chi connectivity index (χ2n) is 3.42. The van der Waals surface area contributed by atoms with Crippen LogP contribution < -0.4 is 0 Å². The van der Waals surface area contributed by atoms with Crippen molar-refractivity contribution in [2.75, 3.05) is 0 Å². The van der Waals surface area contributed by atoms with E-state index in [1.165, 1.54) is 0 Å². The summed E-state index contributed by atoms with van der Waals surface area (Å²) in [5.41, 5.74) is 3.33. The van der Waals surface area contributed by atoms with E-state index >= 15 is 0 Å². The minimum atomic E-state index is -0.857. The van der Waals surface area contributed by atoms with Crippen LogP contribution in [0.4, 0.5) is 0 Å². The molecule has 0 amide bonds. The zero-order valence-corrected chi connectivity index (χ0v) is 8.66. The first-order chi connectivity index (χ1) is 6.52. The number of rotatable bonds is 2. The molecule has 0 aliphatic rings. The Balaban J connectivity index is 3.18. The monoisotopic (exact) mass is 190 g/mol. The van der Waals surface area contributed by atoms with E-state index in [1.807, 2.05) is 38.1 Å². The Kier molecular flexibility index (Phi) is 3.07. The van der Waals surface area contributed by atoms with Gasteiger partial charge >= 0.3 is 5.97 Å². The van der Waals surface area contributed by atoms with E-state index in [2.05, 4.69) is 0 Å². The molecule has 1 rings (SSSR count). The molecule has 1 aromatic carbocycles. The smallest absolute Gasteiger partial charge is 0.331 e. The van der Waals surface area contributed by atoms with Gasteiger partial charge in [0.1, 0.15) is 0 Å². The van der Waals surface area contributed by atoms with Crippen molar-refractivity contribution in [3.8, 4) is 0 Å². The molecule has 2 nitrogen and oxygen atoms in total. The third kappa shape index (κ3) is 2.22. The molecule has 0 spiro atoms. The van der Waals surface area contributed by atoms with E-state index in [4.69, 9.17) is 5.11 Å². The predicted octanol–water partition coefficient (Wildman–Crippen LogP) is 2.87. The molecule has 0 saturated carbocycles. The Hall–Kier alpha value is -1.57. The molecule has 0 aromatic heterocycles. The molecule has 0 fully saturated rings. The van der Waals surface area contributed by atoms with E-state index in [9.17, 15) is 4.79 Å². The van der Waals surface area contributed by atoms with Crippen molar-refractivity contribution in [3.05, 3.63) is 41.0 Å². The number of benzene rings is 1. The second-order valence-corrected chi connectivity index (χ2v) is 3.42. The maximum atomic E-state index is 10.7. The van der Waals surface area contributed by atoms with Crippen molar-refractivity contribution in [2.45, 2.75) is 20.8 Å².